The average Bonchev–Trinajstić information content (AvgIpc) is 2.82. The molecule has 2 aromatic rings. The van der Waals surface area contributed by atoms with Crippen molar-refractivity contribution in [2.75, 3.05) is 7.11 Å². The summed E-state index contributed by atoms with van der Waals surface area (Å²) in [5.41, 5.74) is 3.98. The number of hydrogen-bond acceptors (Lipinski definition) is 1. The molecule has 17 heavy (non-hydrogen) atoms. The number of hydrogen-bond donors (Lipinski definition) is 0. The Morgan fingerprint density at radius 1 is 1.00 bits per heavy atom. The van der Waals surface area contributed by atoms with Crippen LogP contribution in [0.3, 0.4) is 0 Å². The zero-order chi connectivity index (χ0) is 11.7. The zero-order valence-electron chi connectivity index (χ0n) is 9.76. The van der Waals surface area contributed by atoms with Crippen LogP contribution >= 0.6 is 0 Å². The van der Waals surface area contributed by atoms with Crippen LogP contribution in [0.4, 0.5) is 0 Å². The lowest BCUT2D eigenvalue weighted by molar-refractivity contribution is 0.414. The van der Waals surface area contributed by atoms with E-state index in [0.29, 0.717) is 5.92 Å². The fourth-order valence-electron chi connectivity index (χ4n) is 2.38. The Bertz CT molecular complexity index is 569. The molecule has 0 saturated carbocycles. The Balaban J connectivity index is 2.04. The summed E-state index contributed by atoms with van der Waals surface area (Å²) in [4.78, 5) is 0. The summed E-state index contributed by atoms with van der Waals surface area (Å²) < 4.78 is 5.28. The highest BCUT2D eigenvalue weighted by atomic mass is 16.5. The largest absolute Gasteiger partial charge is 0.497 e. The normalized spacial score (nSPS) is 16.9. The molecule has 1 aliphatic rings. The number of rotatable bonds is 2. The molecule has 1 aliphatic carbocycles. The molecule has 3 rings (SSSR count). The third-order valence-corrected chi connectivity index (χ3v) is 3.25. The van der Waals surface area contributed by atoms with Crippen LogP contribution in [0.25, 0.3) is 6.08 Å². The Morgan fingerprint density at radius 3 is 2.76 bits per heavy atom. The third-order valence-electron chi connectivity index (χ3n) is 3.25. The van der Waals surface area contributed by atoms with E-state index in [1.165, 1.54) is 16.7 Å². The van der Waals surface area contributed by atoms with Crippen LogP contribution in [-0.2, 0) is 0 Å². The molecule has 2 aromatic carbocycles. The van der Waals surface area contributed by atoms with Gasteiger partial charge in [-0.2, -0.15) is 0 Å². The van der Waals surface area contributed by atoms with Crippen molar-refractivity contribution in [3.63, 3.8) is 0 Å². The number of ether oxygens (including phenoxy) is 1. The second-order valence-corrected chi connectivity index (χ2v) is 4.24. The Hall–Kier alpha value is -2.02. The highest BCUT2D eigenvalue weighted by molar-refractivity contribution is 5.65. The predicted octanol–water partition coefficient (Wildman–Crippen LogP) is 3.85. The first-order valence-electron chi connectivity index (χ1n) is 5.79. The summed E-state index contributed by atoms with van der Waals surface area (Å²) in [5, 5.41) is 0. The van der Waals surface area contributed by atoms with Crippen molar-refractivity contribution >= 4 is 6.08 Å². The van der Waals surface area contributed by atoms with Crippen molar-refractivity contribution in [3.8, 4) is 5.75 Å². The van der Waals surface area contributed by atoms with Crippen LogP contribution < -0.4 is 4.74 Å². The molecule has 0 saturated heterocycles. The van der Waals surface area contributed by atoms with Crippen LogP contribution in [0, 0.1) is 0 Å². The van der Waals surface area contributed by atoms with Crippen LogP contribution in [0.15, 0.2) is 54.6 Å². The SMILES string of the molecule is COc1cccc(C2C=Cc3ccccc32)c1. The van der Waals surface area contributed by atoms with Crippen molar-refractivity contribution in [2.24, 2.45) is 0 Å². The molecule has 1 heteroatoms. The van der Waals surface area contributed by atoms with Gasteiger partial charge in [-0.25, -0.2) is 0 Å². The van der Waals surface area contributed by atoms with Crippen molar-refractivity contribution < 1.29 is 4.74 Å². The average molecular weight is 222 g/mol. The number of fused-ring (bicyclic) bond motifs is 1. The summed E-state index contributed by atoms with van der Waals surface area (Å²) in [6.07, 6.45) is 4.44. The second kappa shape index (κ2) is 4.10. The number of methoxy groups -OCH3 is 1. The van der Waals surface area contributed by atoms with E-state index in [1.807, 2.05) is 12.1 Å². The molecule has 0 bridgehead atoms. The zero-order valence-corrected chi connectivity index (χ0v) is 9.76. The fraction of sp³-hybridized carbons (Fsp3) is 0.125. The standard InChI is InChI=1S/C16H14O/c1-17-14-7-4-6-13(11-14)16-10-9-12-5-2-3-8-15(12)16/h2-11,16H,1H3. The lowest BCUT2D eigenvalue weighted by Crippen LogP contribution is -1.96. The van der Waals surface area contributed by atoms with Gasteiger partial charge in [0.2, 0.25) is 0 Å². The smallest absolute Gasteiger partial charge is 0.119 e. The topological polar surface area (TPSA) is 9.23 Å². The van der Waals surface area contributed by atoms with E-state index in [2.05, 4.69) is 48.6 Å². The Labute approximate surface area is 101 Å². The van der Waals surface area contributed by atoms with E-state index in [1.54, 1.807) is 7.11 Å². The van der Waals surface area contributed by atoms with Gasteiger partial charge >= 0.3 is 0 Å². The van der Waals surface area contributed by atoms with Gasteiger partial charge < -0.3 is 4.74 Å². The molecular formula is C16H14O. The lowest BCUT2D eigenvalue weighted by atomic mass is 9.93. The number of allylic oxidation sites excluding steroid dienone is 1. The van der Waals surface area contributed by atoms with Gasteiger partial charge in [0.05, 0.1) is 7.11 Å². The molecule has 1 unspecified atom stereocenters. The van der Waals surface area contributed by atoms with Gasteiger partial charge in [-0.15, -0.1) is 0 Å². The number of benzene rings is 2. The molecular weight excluding hydrogens is 208 g/mol. The van der Waals surface area contributed by atoms with E-state index in [0.717, 1.165) is 5.75 Å². The molecule has 0 heterocycles. The molecule has 0 aromatic heterocycles. The first kappa shape index (κ1) is 10.2. The summed E-state index contributed by atoms with van der Waals surface area (Å²) in [6.45, 7) is 0. The molecule has 0 radical (unpaired) electrons. The van der Waals surface area contributed by atoms with Crippen LogP contribution in [0.5, 0.6) is 5.75 Å². The Kier molecular flexibility index (Phi) is 2.45. The lowest BCUT2D eigenvalue weighted by Gasteiger charge is -2.12. The molecule has 1 nitrogen and oxygen atoms in total. The van der Waals surface area contributed by atoms with Crippen molar-refractivity contribution in [1.82, 2.24) is 0 Å². The van der Waals surface area contributed by atoms with Crippen LogP contribution in [0.2, 0.25) is 0 Å². The molecule has 0 N–H and O–H groups in total. The second-order valence-electron chi connectivity index (χ2n) is 4.24. The maximum absolute atomic E-state index is 5.28. The Morgan fingerprint density at radius 2 is 1.88 bits per heavy atom. The maximum Gasteiger partial charge on any atom is 0.119 e. The molecule has 84 valence electrons. The van der Waals surface area contributed by atoms with Crippen molar-refractivity contribution in [2.45, 2.75) is 5.92 Å². The first-order chi connectivity index (χ1) is 8.38. The highest BCUT2D eigenvalue weighted by Crippen LogP contribution is 2.35. The minimum absolute atomic E-state index is 0.362. The molecule has 0 amide bonds. The molecule has 0 fully saturated rings. The van der Waals surface area contributed by atoms with Crippen molar-refractivity contribution in [1.29, 1.82) is 0 Å². The van der Waals surface area contributed by atoms with Gasteiger partial charge in [0.15, 0.2) is 0 Å². The van der Waals surface area contributed by atoms with Crippen LogP contribution in [-0.4, -0.2) is 7.11 Å². The summed E-state index contributed by atoms with van der Waals surface area (Å²) >= 11 is 0. The fourth-order valence-corrected chi connectivity index (χ4v) is 2.38. The molecule has 0 spiro atoms. The van der Waals surface area contributed by atoms with Gasteiger partial charge in [-0.05, 0) is 28.8 Å². The highest BCUT2D eigenvalue weighted by Gasteiger charge is 2.18. The quantitative estimate of drug-likeness (QED) is 0.749. The van der Waals surface area contributed by atoms with Crippen LogP contribution in [0.1, 0.15) is 22.6 Å². The summed E-state index contributed by atoms with van der Waals surface area (Å²) in [5.74, 6) is 1.28. The molecule has 1 atom stereocenters. The maximum atomic E-state index is 5.28. The van der Waals surface area contributed by atoms with Crippen molar-refractivity contribution in [3.05, 3.63) is 71.3 Å². The summed E-state index contributed by atoms with van der Waals surface area (Å²) in [7, 11) is 1.71. The third kappa shape index (κ3) is 1.74. The van der Waals surface area contributed by atoms with Gasteiger partial charge in [-0.3, -0.25) is 0 Å². The predicted molar refractivity (Wildman–Crippen MR) is 70.3 cm³/mol. The van der Waals surface area contributed by atoms with E-state index in [-0.39, 0.29) is 0 Å². The molecule has 0 aliphatic heterocycles. The minimum atomic E-state index is 0.362. The van der Waals surface area contributed by atoms with Gasteiger partial charge in [0, 0.05) is 5.92 Å². The minimum Gasteiger partial charge on any atom is -0.497 e. The van der Waals surface area contributed by atoms with Gasteiger partial charge in [0.25, 0.3) is 0 Å². The monoisotopic (exact) mass is 222 g/mol. The van der Waals surface area contributed by atoms with E-state index >= 15 is 0 Å². The van der Waals surface area contributed by atoms with Gasteiger partial charge in [-0.1, -0.05) is 48.6 Å². The first-order valence-corrected chi connectivity index (χ1v) is 5.79. The summed E-state index contributed by atoms with van der Waals surface area (Å²) in [6, 6.07) is 16.8. The van der Waals surface area contributed by atoms with E-state index in [4.69, 9.17) is 4.74 Å². The van der Waals surface area contributed by atoms with Gasteiger partial charge in [0.1, 0.15) is 5.75 Å². The van der Waals surface area contributed by atoms with E-state index in [9.17, 15) is 0 Å². The van der Waals surface area contributed by atoms with E-state index < -0.39 is 0 Å².